The van der Waals surface area contributed by atoms with E-state index in [1.54, 1.807) is 23.9 Å². The summed E-state index contributed by atoms with van der Waals surface area (Å²) in [5, 5.41) is 3.53. The summed E-state index contributed by atoms with van der Waals surface area (Å²) in [6.45, 7) is 7.30. The van der Waals surface area contributed by atoms with Gasteiger partial charge in [-0.15, -0.1) is 0 Å². The Balaban J connectivity index is 2.41. The molecule has 1 amide bonds. The lowest BCUT2D eigenvalue weighted by Crippen LogP contribution is -2.26. The first-order chi connectivity index (χ1) is 9.97. The number of hydrogen-bond acceptors (Lipinski definition) is 4. The van der Waals surface area contributed by atoms with Gasteiger partial charge >= 0.3 is 0 Å². The minimum Gasteiger partial charge on any atom is -0.397 e. The van der Waals surface area contributed by atoms with E-state index in [0.717, 1.165) is 25.4 Å². The number of thioether (sulfide) groups is 1. The molecule has 21 heavy (non-hydrogen) atoms. The van der Waals surface area contributed by atoms with Crippen molar-refractivity contribution in [3.8, 4) is 0 Å². The molecule has 0 aliphatic rings. The molecule has 0 spiro atoms. The topological polar surface area (TPSA) is 58.4 Å². The van der Waals surface area contributed by atoms with Gasteiger partial charge in [0.1, 0.15) is 0 Å². The zero-order chi connectivity index (χ0) is 15.8. The van der Waals surface area contributed by atoms with Gasteiger partial charge in [-0.3, -0.25) is 4.79 Å². The Morgan fingerprint density at radius 3 is 2.57 bits per heavy atom. The van der Waals surface area contributed by atoms with Crippen LogP contribution in [0, 0.1) is 0 Å². The number of nitrogens with two attached hydrogens (primary N) is 1. The lowest BCUT2D eigenvalue weighted by Gasteiger charge is -2.17. The molecule has 1 aromatic rings. The molecule has 0 saturated heterocycles. The third-order valence-corrected chi connectivity index (χ3v) is 4.48. The Morgan fingerprint density at radius 2 is 2.00 bits per heavy atom. The third kappa shape index (κ3) is 6.34. The van der Waals surface area contributed by atoms with Crippen LogP contribution in [0.3, 0.4) is 0 Å². The molecule has 0 heterocycles. The van der Waals surface area contributed by atoms with Crippen LogP contribution >= 0.6 is 35.0 Å². The summed E-state index contributed by atoms with van der Waals surface area (Å²) >= 11 is 13.4. The number of hydrogen-bond donors (Lipinski definition) is 2. The molecule has 0 aliphatic heterocycles. The van der Waals surface area contributed by atoms with E-state index < -0.39 is 0 Å². The first-order valence-corrected chi connectivity index (χ1v) is 8.73. The number of amides is 1. The van der Waals surface area contributed by atoms with E-state index in [0.29, 0.717) is 27.2 Å². The quantitative estimate of drug-likeness (QED) is 0.556. The van der Waals surface area contributed by atoms with Crippen molar-refractivity contribution in [1.29, 1.82) is 0 Å². The second-order valence-electron chi connectivity index (χ2n) is 4.48. The monoisotopic (exact) mass is 349 g/mol. The van der Waals surface area contributed by atoms with E-state index in [1.807, 2.05) is 0 Å². The molecule has 3 N–H and O–H groups in total. The number of benzene rings is 1. The van der Waals surface area contributed by atoms with Crippen LogP contribution in [0.4, 0.5) is 11.4 Å². The van der Waals surface area contributed by atoms with Crippen molar-refractivity contribution >= 4 is 52.2 Å². The van der Waals surface area contributed by atoms with Crippen LogP contribution in [0.25, 0.3) is 0 Å². The van der Waals surface area contributed by atoms with E-state index in [9.17, 15) is 4.79 Å². The maximum Gasteiger partial charge on any atom is 0.234 e. The summed E-state index contributed by atoms with van der Waals surface area (Å²) in [4.78, 5) is 14.2. The highest BCUT2D eigenvalue weighted by Crippen LogP contribution is 2.32. The zero-order valence-corrected chi connectivity index (χ0v) is 14.6. The fourth-order valence-corrected chi connectivity index (χ4v) is 3.14. The molecular formula is C14H21Cl2N3OS. The van der Waals surface area contributed by atoms with E-state index in [1.165, 1.54) is 0 Å². The normalized spacial score (nSPS) is 10.9. The van der Waals surface area contributed by atoms with Gasteiger partial charge in [0.15, 0.2) is 0 Å². The maximum absolute atomic E-state index is 11.9. The lowest BCUT2D eigenvalue weighted by atomic mass is 10.2. The standard InChI is InChI=1S/C14H21Cl2N3OS/c1-3-19(4-2)5-6-21-9-13(20)18-14-11(16)7-10(15)8-12(14)17/h7-8H,3-6,9,17H2,1-2H3,(H,18,20). The number of nitrogen functional groups attached to an aromatic ring is 1. The van der Waals surface area contributed by atoms with Crippen molar-refractivity contribution in [2.24, 2.45) is 0 Å². The van der Waals surface area contributed by atoms with Crippen LogP contribution in [0.5, 0.6) is 0 Å². The summed E-state index contributed by atoms with van der Waals surface area (Å²) in [6, 6.07) is 3.12. The van der Waals surface area contributed by atoms with Crippen LogP contribution in [0.15, 0.2) is 12.1 Å². The van der Waals surface area contributed by atoms with Gasteiger partial charge in [0.05, 0.1) is 22.2 Å². The molecule has 0 aliphatic carbocycles. The summed E-state index contributed by atoms with van der Waals surface area (Å²) in [7, 11) is 0. The number of carbonyl (C=O) groups is 1. The number of nitrogens with one attached hydrogen (secondary N) is 1. The summed E-state index contributed by atoms with van der Waals surface area (Å²) < 4.78 is 0. The first kappa shape index (κ1) is 18.4. The van der Waals surface area contributed by atoms with Gasteiger partial charge in [-0.05, 0) is 25.2 Å². The summed E-state index contributed by atoms with van der Waals surface area (Å²) in [6.07, 6.45) is 0. The predicted octanol–water partition coefficient (Wildman–Crippen LogP) is 3.59. The van der Waals surface area contributed by atoms with E-state index in [2.05, 4.69) is 24.1 Å². The Bertz CT molecular complexity index is 458. The largest absolute Gasteiger partial charge is 0.397 e. The molecule has 0 fully saturated rings. The van der Waals surface area contributed by atoms with Crippen molar-refractivity contribution < 1.29 is 4.79 Å². The van der Waals surface area contributed by atoms with Crippen molar-refractivity contribution in [3.63, 3.8) is 0 Å². The average Bonchev–Trinajstić information content (AvgIpc) is 2.43. The van der Waals surface area contributed by atoms with Crippen LogP contribution in [0.1, 0.15) is 13.8 Å². The number of nitrogens with zero attached hydrogens (tertiary/aromatic N) is 1. The molecule has 1 rings (SSSR count). The molecule has 7 heteroatoms. The molecule has 0 radical (unpaired) electrons. The fourth-order valence-electron chi connectivity index (χ4n) is 1.80. The van der Waals surface area contributed by atoms with Crippen molar-refractivity contribution in [2.45, 2.75) is 13.8 Å². The third-order valence-electron chi connectivity index (χ3n) is 3.03. The van der Waals surface area contributed by atoms with E-state index in [-0.39, 0.29) is 5.91 Å². The van der Waals surface area contributed by atoms with Gasteiger partial charge in [-0.2, -0.15) is 11.8 Å². The van der Waals surface area contributed by atoms with E-state index in [4.69, 9.17) is 28.9 Å². The van der Waals surface area contributed by atoms with Gasteiger partial charge in [-0.1, -0.05) is 37.0 Å². The molecule has 0 unspecified atom stereocenters. The predicted molar refractivity (Wildman–Crippen MR) is 94.6 cm³/mol. The highest BCUT2D eigenvalue weighted by molar-refractivity contribution is 7.99. The molecule has 118 valence electrons. The molecule has 0 saturated carbocycles. The van der Waals surface area contributed by atoms with Gasteiger partial charge in [0.25, 0.3) is 0 Å². The fraction of sp³-hybridized carbons (Fsp3) is 0.500. The van der Waals surface area contributed by atoms with Crippen molar-refractivity contribution in [1.82, 2.24) is 4.90 Å². The highest BCUT2D eigenvalue weighted by atomic mass is 35.5. The molecular weight excluding hydrogens is 329 g/mol. The Labute approximate surface area is 140 Å². The van der Waals surface area contributed by atoms with Gasteiger partial charge in [0, 0.05) is 17.3 Å². The van der Waals surface area contributed by atoms with Crippen LogP contribution < -0.4 is 11.1 Å². The van der Waals surface area contributed by atoms with Crippen molar-refractivity contribution in [3.05, 3.63) is 22.2 Å². The molecule has 0 aromatic heterocycles. The number of halogens is 2. The van der Waals surface area contributed by atoms with Crippen molar-refractivity contribution in [2.75, 3.05) is 42.2 Å². The van der Waals surface area contributed by atoms with Crippen LogP contribution in [-0.2, 0) is 4.79 Å². The first-order valence-electron chi connectivity index (χ1n) is 6.82. The van der Waals surface area contributed by atoms with Crippen LogP contribution in [0.2, 0.25) is 10.0 Å². The summed E-state index contributed by atoms with van der Waals surface area (Å²) in [5.41, 5.74) is 6.60. The lowest BCUT2D eigenvalue weighted by molar-refractivity contribution is -0.113. The smallest absolute Gasteiger partial charge is 0.234 e. The number of carbonyl (C=O) groups excluding carboxylic acids is 1. The second-order valence-corrected chi connectivity index (χ2v) is 6.43. The molecule has 0 atom stereocenters. The average molecular weight is 350 g/mol. The Kier molecular flexibility index (Phi) is 8.26. The van der Waals surface area contributed by atoms with E-state index >= 15 is 0 Å². The minimum absolute atomic E-state index is 0.115. The second kappa shape index (κ2) is 9.41. The minimum atomic E-state index is -0.115. The zero-order valence-electron chi connectivity index (χ0n) is 12.3. The number of anilines is 2. The molecule has 1 aromatic carbocycles. The van der Waals surface area contributed by atoms with Gasteiger partial charge in [-0.25, -0.2) is 0 Å². The summed E-state index contributed by atoms with van der Waals surface area (Å²) in [5.74, 6) is 1.17. The van der Waals surface area contributed by atoms with Crippen LogP contribution in [-0.4, -0.2) is 41.9 Å². The highest BCUT2D eigenvalue weighted by Gasteiger charge is 2.10. The van der Waals surface area contributed by atoms with Gasteiger partial charge < -0.3 is 16.0 Å². The SMILES string of the molecule is CCN(CC)CCSCC(=O)Nc1c(N)cc(Cl)cc1Cl. The molecule has 4 nitrogen and oxygen atoms in total. The molecule has 0 bridgehead atoms. The Hall–Kier alpha value is -0.620. The number of rotatable bonds is 8. The van der Waals surface area contributed by atoms with Gasteiger partial charge in [0.2, 0.25) is 5.91 Å². The Morgan fingerprint density at radius 1 is 1.33 bits per heavy atom. The maximum atomic E-state index is 11.9.